The topological polar surface area (TPSA) is 40.2 Å². The molecule has 0 aromatic rings. The highest BCUT2D eigenvalue weighted by atomic mass is 16.9. The van der Waals surface area contributed by atoms with Crippen LogP contribution in [0.1, 0.15) is 98.3 Å². The smallest absolute Gasteiger partial charge is 0.285 e. The van der Waals surface area contributed by atoms with Crippen LogP contribution in [0.25, 0.3) is 0 Å². The minimum absolute atomic E-state index is 0.242. The standard InChI is InChI=1S/C22H44O4/c1-5-9-10-11-12-13-14-20(18-21-19-23-21)22(24-15-6-2,25-16-7-3)26-17-8-4/h20-21H,5-19H2,1-4H3. The van der Waals surface area contributed by atoms with Gasteiger partial charge in [-0.1, -0.05) is 66.2 Å². The predicted molar refractivity (Wildman–Crippen MR) is 107 cm³/mol. The first-order chi connectivity index (χ1) is 12.7. The van der Waals surface area contributed by atoms with E-state index in [0.29, 0.717) is 25.9 Å². The second-order valence-electron chi connectivity index (χ2n) is 7.59. The second kappa shape index (κ2) is 14.8. The molecule has 0 aromatic heterocycles. The summed E-state index contributed by atoms with van der Waals surface area (Å²) in [6, 6.07) is 0. The Kier molecular flexibility index (Phi) is 13.6. The van der Waals surface area contributed by atoms with E-state index in [2.05, 4.69) is 27.7 Å². The summed E-state index contributed by atoms with van der Waals surface area (Å²) in [5.41, 5.74) is 0. The zero-order chi connectivity index (χ0) is 19.1. The molecular weight excluding hydrogens is 328 g/mol. The Hall–Kier alpha value is -0.160. The summed E-state index contributed by atoms with van der Waals surface area (Å²) in [7, 11) is 0. The predicted octanol–water partition coefficient (Wildman–Crippen LogP) is 6.08. The fraction of sp³-hybridized carbons (Fsp3) is 1.00. The van der Waals surface area contributed by atoms with E-state index in [0.717, 1.165) is 38.7 Å². The summed E-state index contributed by atoms with van der Waals surface area (Å²) in [6.45, 7) is 11.6. The molecule has 1 rings (SSSR count). The Morgan fingerprint density at radius 2 is 1.27 bits per heavy atom. The summed E-state index contributed by atoms with van der Waals surface area (Å²) in [5, 5.41) is 0. The van der Waals surface area contributed by atoms with Crippen LogP contribution in [0, 0.1) is 5.92 Å². The largest absolute Gasteiger partial charge is 0.373 e. The van der Waals surface area contributed by atoms with Gasteiger partial charge in [-0.3, -0.25) is 0 Å². The molecule has 156 valence electrons. The molecule has 1 aliphatic rings. The van der Waals surface area contributed by atoms with Crippen molar-refractivity contribution in [2.75, 3.05) is 26.4 Å². The van der Waals surface area contributed by atoms with Gasteiger partial charge in [-0.25, -0.2) is 0 Å². The zero-order valence-corrected chi connectivity index (χ0v) is 17.9. The van der Waals surface area contributed by atoms with Crippen LogP contribution in [0.4, 0.5) is 0 Å². The van der Waals surface area contributed by atoms with E-state index in [1.807, 2.05) is 0 Å². The first-order valence-electron chi connectivity index (χ1n) is 11.3. The number of hydrogen-bond acceptors (Lipinski definition) is 4. The highest BCUT2D eigenvalue weighted by Gasteiger charge is 2.45. The summed E-state index contributed by atoms with van der Waals surface area (Å²) >= 11 is 0. The number of epoxide rings is 1. The number of unbranched alkanes of at least 4 members (excludes halogenated alkanes) is 5. The average molecular weight is 373 g/mol. The quantitative estimate of drug-likeness (QED) is 0.157. The fourth-order valence-corrected chi connectivity index (χ4v) is 3.34. The highest BCUT2D eigenvalue weighted by Crippen LogP contribution is 2.37. The van der Waals surface area contributed by atoms with Gasteiger partial charge >= 0.3 is 0 Å². The van der Waals surface area contributed by atoms with Crippen LogP contribution in [-0.4, -0.2) is 38.5 Å². The van der Waals surface area contributed by atoms with Gasteiger partial charge in [0.15, 0.2) is 0 Å². The maximum atomic E-state index is 6.27. The molecule has 0 aromatic carbocycles. The van der Waals surface area contributed by atoms with Crippen molar-refractivity contribution in [2.24, 2.45) is 5.92 Å². The molecule has 2 unspecified atom stereocenters. The van der Waals surface area contributed by atoms with Gasteiger partial charge in [-0.05, 0) is 32.1 Å². The van der Waals surface area contributed by atoms with E-state index >= 15 is 0 Å². The van der Waals surface area contributed by atoms with E-state index in [1.165, 1.54) is 38.5 Å². The fourth-order valence-electron chi connectivity index (χ4n) is 3.34. The van der Waals surface area contributed by atoms with Crippen molar-refractivity contribution >= 4 is 0 Å². The van der Waals surface area contributed by atoms with Crippen molar-refractivity contribution in [1.82, 2.24) is 0 Å². The average Bonchev–Trinajstić information content (AvgIpc) is 3.47. The van der Waals surface area contributed by atoms with E-state index < -0.39 is 5.97 Å². The summed E-state index contributed by atoms with van der Waals surface area (Å²) in [4.78, 5) is 0. The summed E-state index contributed by atoms with van der Waals surface area (Å²) in [6.07, 6.45) is 13.2. The van der Waals surface area contributed by atoms with Gasteiger partial charge in [0.05, 0.1) is 32.5 Å². The molecule has 1 aliphatic heterocycles. The first kappa shape index (κ1) is 23.9. The third-order valence-electron chi connectivity index (χ3n) is 4.88. The first-order valence-corrected chi connectivity index (χ1v) is 11.3. The van der Waals surface area contributed by atoms with E-state index in [1.54, 1.807) is 0 Å². The molecule has 0 spiro atoms. The minimum Gasteiger partial charge on any atom is -0.373 e. The Morgan fingerprint density at radius 1 is 0.769 bits per heavy atom. The molecule has 0 radical (unpaired) electrons. The normalized spacial score (nSPS) is 18.2. The molecule has 0 amide bonds. The van der Waals surface area contributed by atoms with Crippen molar-refractivity contribution < 1.29 is 18.9 Å². The van der Waals surface area contributed by atoms with Gasteiger partial charge < -0.3 is 18.9 Å². The lowest BCUT2D eigenvalue weighted by molar-refractivity contribution is -0.407. The van der Waals surface area contributed by atoms with Gasteiger partial charge in [0.1, 0.15) is 0 Å². The molecule has 1 saturated heterocycles. The molecule has 4 heteroatoms. The monoisotopic (exact) mass is 372 g/mol. The lowest BCUT2D eigenvalue weighted by Gasteiger charge is -2.39. The molecule has 2 atom stereocenters. The van der Waals surface area contributed by atoms with Crippen LogP contribution in [-0.2, 0) is 18.9 Å². The molecular formula is C22H44O4. The Bertz CT molecular complexity index is 295. The number of ether oxygens (including phenoxy) is 4. The van der Waals surface area contributed by atoms with Gasteiger partial charge in [0, 0.05) is 5.92 Å². The molecule has 1 fully saturated rings. The van der Waals surface area contributed by atoms with Crippen LogP contribution in [0.15, 0.2) is 0 Å². The minimum atomic E-state index is -0.891. The van der Waals surface area contributed by atoms with Crippen molar-refractivity contribution in [1.29, 1.82) is 0 Å². The second-order valence-corrected chi connectivity index (χ2v) is 7.59. The van der Waals surface area contributed by atoms with Gasteiger partial charge in [-0.15, -0.1) is 0 Å². The summed E-state index contributed by atoms with van der Waals surface area (Å²) in [5.74, 6) is -0.650. The SMILES string of the molecule is CCCCCCCCC(CC1CO1)C(OCCC)(OCCC)OCCC. The number of hydrogen-bond donors (Lipinski definition) is 0. The lowest BCUT2D eigenvalue weighted by atomic mass is 9.93. The van der Waals surface area contributed by atoms with Crippen molar-refractivity contribution in [2.45, 2.75) is 110 Å². The van der Waals surface area contributed by atoms with Crippen LogP contribution < -0.4 is 0 Å². The van der Waals surface area contributed by atoms with Gasteiger partial charge in [0.25, 0.3) is 5.97 Å². The van der Waals surface area contributed by atoms with E-state index in [-0.39, 0.29) is 5.92 Å². The van der Waals surface area contributed by atoms with Crippen LogP contribution in [0.5, 0.6) is 0 Å². The van der Waals surface area contributed by atoms with Crippen LogP contribution in [0.3, 0.4) is 0 Å². The summed E-state index contributed by atoms with van der Waals surface area (Å²) < 4.78 is 24.3. The third kappa shape index (κ3) is 9.68. The molecule has 0 aliphatic carbocycles. The highest BCUT2D eigenvalue weighted by molar-refractivity contribution is 4.81. The van der Waals surface area contributed by atoms with Gasteiger partial charge in [-0.2, -0.15) is 0 Å². The molecule has 0 saturated carbocycles. The van der Waals surface area contributed by atoms with Crippen molar-refractivity contribution in [3.8, 4) is 0 Å². The van der Waals surface area contributed by atoms with Crippen molar-refractivity contribution in [3.63, 3.8) is 0 Å². The van der Waals surface area contributed by atoms with Gasteiger partial charge in [0.2, 0.25) is 0 Å². The zero-order valence-electron chi connectivity index (χ0n) is 17.9. The Labute approximate surface area is 162 Å². The molecule has 26 heavy (non-hydrogen) atoms. The van der Waals surface area contributed by atoms with E-state index in [4.69, 9.17) is 18.9 Å². The molecule has 0 N–H and O–H groups in total. The lowest BCUT2D eigenvalue weighted by Crippen LogP contribution is -2.47. The molecule has 4 nitrogen and oxygen atoms in total. The van der Waals surface area contributed by atoms with Crippen molar-refractivity contribution in [3.05, 3.63) is 0 Å². The van der Waals surface area contributed by atoms with Crippen LogP contribution >= 0.6 is 0 Å². The maximum Gasteiger partial charge on any atom is 0.285 e. The third-order valence-corrected chi connectivity index (χ3v) is 4.88. The Morgan fingerprint density at radius 3 is 1.73 bits per heavy atom. The maximum absolute atomic E-state index is 6.27. The Balaban J connectivity index is 2.71. The molecule has 0 bridgehead atoms. The molecule has 1 heterocycles. The van der Waals surface area contributed by atoms with Crippen LogP contribution in [0.2, 0.25) is 0 Å². The van der Waals surface area contributed by atoms with E-state index in [9.17, 15) is 0 Å². The number of rotatable bonds is 19.